The summed E-state index contributed by atoms with van der Waals surface area (Å²) in [6.45, 7) is 0. The molecule has 0 amide bonds. The zero-order valence-corrected chi connectivity index (χ0v) is 4.30. The van der Waals surface area contributed by atoms with Crippen molar-refractivity contribution < 1.29 is 0 Å². The molecule has 0 saturated heterocycles. The Morgan fingerprint density at radius 2 is 1.57 bits per heavy atom. The standard InChI is InChI=1S/C6H8B/c1-2-4-6-7-5-3-1/h1-4H,5-6H2. The Balaban J connectivity index is 2.39. The molecule has 35 valence electrons. The molecule has 1 heterocycles. The molecule has 1 rings (SSSR count). The maximum absolute atomic E-state index is 2.25. The van der Waals surface area contributed by atoms with Gasteiger partial charge in [-0.15, -0.1) is 0 Å². The monoisotopic (exact) mass is 91.1 g/mol. The second kappa shape index (κ2) is 2.67. The number of rotatable bonds is 0. The Kier molecular flexibility index (Phi) is 1.79. The van der Waals surface area contributed by atoms with Crippen molar-refractivity contribution in [2.75, 3.05) is 0 Å². The van der Waals surface area contributed by atoms with Crippen LogP contribution in [0, 0.1) is 0 Å². The van der Waals surface area contributed by atoms with E-state index in [1.54, 1.807) is 0 Å². The minimum Gasteiger partial charge on any atom is -0.0924 e. The lowest BCUT2D eigenvalue weighted by molar-refractivity contribution is 1.63. The minimum atomic E-state index is 1.13. The van der Waals surface area contributed by atoms with Gasteiger partial charge in [-0.05, 0) is 0 Å². The zero-order valence-electron chi connectivity index (χ0n) is 4.30. The highest BCUT2D eigenvalue weighted by molar-refractivity contribution is 6.36. The second-order valence-electron chi connectivity index (χ2n) is 1.62. The van der Waals surface area contributed by atoms with Crippen molar-refractivity contribution in [1.82, 2.24) is 0 Å². The molecule has 7 heavy (non-hydrogen) atoms. The maximum atomic E-state index is 2.25. The summed E-state index contributed by atoms with van der Waals surface area (Å²) < 4.78 is 0. The number of hydrogen-bond donors (Lipinski definition) is 0. The molecule has 0 N–H and O–H groups in total. The number of hydrogen-bond acceptors (Lipinski definition) is 0. The van der Waals surface area contributed by atoms with E-state index in [0.29, 0.717) is 0 Å². The van der Waals surface area contributed by atoms with E-state index >= 15 is 0 Å². The summed E-state index contributed by atoms with van der Waals surface area (Å²) in [5.74, 6) is 0. The molecule has 0 aromatic carbocycles. The summed E-state index contributed by atoms with van der Waals surface area (Å²) in [6, 6.07) is 0. The molecule has 1 radical (unpaired) electrons. The van der Waals surface area contributed by atoms with Crippen LogP contribution >= 0.6 is 0 Å². The van der Waals surface area contributed by atoms with Crippen molar-refractivity contribution >= 4 is 7.28 Å². The number of allylic oxidation sites excluding steroid dienone is 4. The Labute approximate surface area is 45.2 Å². The predicted molar refractivity (Wildman–Crippen MR) is 33.6 cm³/mol. The average Bonchev–Trinajstić information content (AvgIpc) is 1.90. The SMILES string of the molecule is [B]1CC=CC=CC1. The third-order valence-electron chi connectivity index (χ3n) is 0.989. The molecule has 0 saturated carbocycles. The van der Waals surface area contributed by atoms with Gasteiger partial charge in [-0.2, -0.15) is 0 Å². The van der Waals surface area contributed by atoms with Crippen LogP contribution in [-0.4, -0.2) is 7.28 Å². The molecule has 0 bridgehead atoms. The lowest BCUT2D eigenvalue weighted by atomic mass is 9.72. The van der Waals surface area contributed by atoms with Crippen LogP contribution in [0.5, 0.6) is 0 Å². The average molecular weight is 90.9 g/mol. The maximum Gasteiger partial charge on any atom is 0.119 e. The minimum absolute atomic E-state index is 1.13. The summed E-state index contributed by atoms with van der Waals surface area (Å²) in [5.41, 5.74) is 0. The van der Waals surface area contributed by atoms with Gasteiger partial charge < -0.3 is 0 Å². The Morgan fingerprint density at radius 3 is 2.14 bits per heavy atom. The highest BCUT2D eigenvalue weighted by Crippen LogP contribution is 1.95. The molecule has 0 fully saturated rings. The highest BCUT2D eigenvalue weighted by atomic mass is 13.7. The van der Waals surface area contributed by atoms with E-state index in [-0.39, 0.29) is 0 Å². The summed E-state index contributed by atoms with van der Waals surface area (Å²) in [6.07, 6.45) is 10.8. The summed E-state index contributed by atoms with van der Waals surface area (Å²) in [5, 5.41) is 0. The van der Waals surface area contributed by atoms with Gasteiger partial charge in [0.25, 0.3) is 0 Å². The van der Waals surface area contributed by atoms with Crippen LogP contribution in [0.15, 0.2) is 24.3 Å². The fourth-order valence-electron chi connectivity index (χ4n) is 0.603. The van der Waals surface area contributed by atoms with Gasteiger partial charge in [0.2, 0.25) is 0 Å². The fourth-order valence-corrected chi connectivity index (χ4v) is 0.603. The molecule has 0 spiro atoms. The second-order valence-corrected chi connectivity index (χ2v) is 1.62. The van der Waals surface area contributed by atoms with E-state index in [1.807, 2.05) is 0 Å². The van der Waals surface area contributed by atoms with Gasteiger partial charge in [0.15, 0.2) is 0 Å². The first-order valence-corrected chi connectivity index (χ1v) is 2.63. The lowest BCUT2D eigenvalue weighted by Gasteiger charge is -1.78. The van der Waals surface area contributed by atoms with Gasteiger partial charge in [-0.1, -0.05) is 36.9 Å². The van der Waals surface area contributed by atoms with E-state index in [0.717, 1.165) is 12.6 Å². The van der Waals surface area contributed by atoms with Gasteiger partial charge in [-0.3, -0.25) is 0 Å². The smallest absolute Gasteiger partial charge is 0.0924 e. The van der Waals surface area contributed by atoms with Crippen LogP contribution in [0.4, 0.5) is 0 Å². The van der Waals surface area contributed by atoms with Gasteiger partial charge in [0.1, 0.15) is 7.28 Å². The largest absolute Gasteiger partial charge is 0.119 e. The quantitative estimate of drug-likeness (QED) is 0.397. The molecular weight excluding hydrogens is 82.9 g/mol. The third kappa shape index (κ3) is 1.63. The van der Waals surface area contributed by atoms with Crippen LogP contribution in [0.3, 0.4) is 0 Å². The van der Waals surface area contributed by atoms with Crippen molar-refractivity contribution in [3.05, 3.63) is 24.3 Å². The first kappa shape index (κ1) is 4.70. The molecule has 0 nitrogen and oxygen atoms in total. The van der Waals surface area contributed by atoms with Crippen molar-refractivity contribution in [2.45, 2.75) is 12.6 Å². The Morgan fingerprint density at radius 1 is 1.00 bits per heavy atom. The molecule has 0 atom stereocenters. The summed E-state index contributed by atoms with van der Waals surface area (Å²) in [7, 11) is 2.25. The molecule has 0 unspecified atom stereocenters. The first-order chi connectivity index (χ1) is 3.50. The first-order valence-electron chi connectivity index (χ1n) is 2.63. The van der Waals surface area contributed by atoms with Crippen LogP contribution in [-0.2, 0) is 0 Å². The molecule has 0 aromatic heterocycles. The van der Waals surface area contributed by atoms with Gasteiger partial charge in [0.05, 0.1) is 0 Å². The van der Waals surface area contributed by atoms with Gasteiger partial charge >= 0.3 is 0 Å². The fraction of sp³-hybridized carbons (Fsp3) is 0.333. The zero-order chi connectivity index (χ0) is 4.95. The van der Waals surface area contributed by atoms with E-state index in [9.17, 15) is 0 Å². The van der Waals surface area contributed by atoms with Crippen molar-refractivity contribution in [3.63, 3.8) is 0 Å². The predicted octanol–water partition coefficient (Wildman–Crippen LogP) is 1.65. The molecule has 0 aromatic rings. The van der Waals surface area contributed by atoms with Crippen molar-refractivity contribution in [2.24, 2.45) is 0 Å². The third-order valence-corrected chi connectivity index (χ3v) is 0.989. The van der Waals surface area contributed by atoms with E-state index in [1.165, 1.54) is 0 Å². The Bertz CT molecular complexity index is 80.4. The normalized spacial score (nSPS) is 18.3. The summed E-state index contributed by atoms with van der Waals surface area (Å²) >= 11 is 0. The van der Waals surface area contributed by atoms with Gasteiger partial charge in [-0.25, -0.2) is 0 Å². The topological polar surface area (TPSA) is 0 Å². The van der Waals surface area contributed by atoms with Crippen molar-refractivity contribution in [1.29, 1.82) is 0 Å². The van der Waals surface area contributed by atoms with E-state index < -0.39 is 0 Å². The van der Waals surface area contributed by atoms with Crippen LogP contribution in [0.1, 0.15) is 0 Å². The molecule has 1 aliphatic rings. The van der Waals surface area contributed by atoms with E-state index in [4.69, 9.17) is 0 Å². The summed E-state index contributed by atoms with van der Waals surface area (Å²) in [4.78, 5) is 0. The van der Waals surface area contributed by atoms with Crippen LogP contribution < -0.4 is 0 Å². The van der Waals surface area contributed by atoms with Crippen LogP contribution in [0.2, 0.25) is 12.6 Å². The van der Waals surface area contributed by atoms with Gasteiger partial charge in [0, 0.05) is 0 Å². The van der Waals surface area contributed by atoms with Crippen LogP contribution in [0.25, 0.3) is 0 Å². The van der Waals surface area contributed by atoms with Crippen molar-refractivity contribution in [3.8, 4) is 0 Å². The molecule has 0 aliphatic carbocycles. The molecule has 1 heteroatoms. The van der Waals surface area contributed by atoms with E-state index in [2.05, 4.69) is 31.6 Å². The molecule has 1 aliphatic heterocycles. The highest BCUT2D eigenvalue weighted by Gasteiger charge is 1.84. The molecular formula is C6H8B. The lowest BCUT2D eigenvalue weighted by Crippen LogP contribution is -1.78. The Hall–Kier alpha value is -0.455.